The number of aliphatic hydroxyl groups is 2. The van der Waals surface area contributed by atoms with E-state index in [1.54, 1.807) is 7.05 Å². The van der Waals surface area contributed by atoms with Gasteiger partial charge in [0.15, 0.2) is 5.82 Å². The molecule has 0 unspecified atom stereocenters. The van der Waals surface area contributed by atoms with Gasteiger partial charge >= 0.3 is 6.01 Å². The van der Waals surface area contributed by atoms with Crippen LogP contribution in [0.1, 0.15) is 66.2 Å². The standard InChI is InChI=1S/C21H27N3O3.C4H11NO2/c1-15-13-19(7-6-18(15)14-25)26-12-2-3-16-8-10-24(11-9-16)21-22-20(23-27-21)17-4-5-17;1-5-4(2-6)3-7/h6-7,13-14,16-17H,2-5,8-12H2,1H3;4-7H,2-3H2,1H3. The van der Waals surface area contributed by atoms with Crippen molar-refractivity contribution in [2.24, 2.45) is 5.92 Å². The van der Waals surface area contributed by atoms with Crippen molar-refractivity contribution >= 4 is 12.3 Å². The molecule has 1 aromatic carbocycles. The quantitative estimate of drug-likeness (QED) is 0.333. The molecule has 0 amide bonds. The van der Waals surface area contributed by atoms with Crippen molar-refractivity contribution in [3.63, 3.8) is 0 Å². The van der Waals surface area contributed by atoms with Crippen molar-refractivity contribution in [1.82, 2.24) is 15.5 Å². The van der Waals surface area contributed by atoms with Gasteiger partial charge in [-0.2, -0.15) is 4.98 Å². The van der Waals surface area contributed by atoms with Crippen LogP contribution in [0.4, 0.5) is 6.01 Å². The zero-order chi connectivity index (χ0) is 24.3. The number of rotatable bonds is 11. The number of piperidine rings is 1. The van der Waals surface area contributed by atoms with Gasteiger partial charge in [-0.05, 0) is 82.2 Å². The van der Waals surface area contributed by atoms with Gasteiger partial charge in [-0.15, -0.1) is 0 Å². The molecule has 9 nitrogen and oxygen atoms in total. The van der Waals surface area contributed by atoms with Crippen LogP contribution in [0.15, 0.2) is 22.7 Å². The molecule has 34 heavy (non-hydrogen) atoms. The lowest BCUT2D eigenvalue weighted by Crippen LogP contribution is -2.34. The van der Waals surface area contributed by atoms with E-state index in [0.717, 1.165) is 67.3 Å². The van der Waals surface area contributed by atoms with Gasteiger partial charge in [0.2, 0.25) is 0 Å². The zero-order valence-corrected chi connectivity index (χ0v) is 20.3. The van der Waals surface area contributed by atoms with Crippen molar-refractivity contribution in [1.29, 1.82) is 0 Å². The monoisotopic (exact) mass is 474 g/mol. The fourth-order valence-electron chi connectivity index (χ4n) is 3.95. The molecule has 0 bridgehead atoms. The first-order valence-electron chi connectivity index (χ1n) is 12.2. The van der Waals surface area contributed by atoms with Crippen LogP contribution in [-0.4, -0.2) is 72.6 Å². The summed E-state index contributed by atoms with van der Waals surface area (Å²) < 4.78 is 11.3. The van der Waals surface area contributed by atoms with Gasteiger partial charge in [0, 0.05) is 24.6 Å². The van der Waals surface area contributed by atoms with Crippen molar-refractivity contribution < 1.29 is 24.3 Å². The SMILES string of the molecule is CNC(CO)CO.Cc1cc(OCCCC2CCN(c3nc(C4CC4)no3)CC2)ccc1C=O. The number of aldehydes is 1. The smallest absolute Gasteiger partial charge is 0.324 e. The third-order valence-corrected chi connectivity index (χ3v) is 6.50. The molecule has 2 aliphatic rings. The van der Waals surface area contributed by atoms with E-state index in [2.05, 4.69) is 20.4 Å². The zero-order valence-electron chi connectivity index (χ0n) is 20.3. The number of carbonyl (C=O) groups is 1. The van der Waals surface area contributed by atoms with Crippen LogP contribution in [0.3, 0.4) is 0 Å². The first-order chi connectivity index (χ1) is 16.6. The maximum Gasteiger partial charge on any atom is 0.324 e. The van der Waals surface area contributed by atoms with Gasteiger partial charge in [0.05, 0.1) is 25.9 Å². The Morgan fingerprint density at radius 2 is 1.97 bits per heavy atom. The predicted octanol–water partition coefficient (Wildman–Crippen LogP) is 2.70. The highest BCUT2D eigenvalue weighted by Gasteiger charge is 2.30. The highest BCUT2D eigenvalue weighted by molar-refractivity contribution is 5.77. The van der Waals surface area contributed by atoms with Crippen LogP contribution in [0.5, 0.6) is 5.75 Å². The molecule has 0 radical (unpaired) electrons. The van der Waals surface area contributed by atoms with E-state index in [1.165, 1.54) is 19.3 Å². The Balaban J connectivity index is 0.000000406. The lowest BCUT2D eigenvalue weighted by molar-refractivity contribution is 0.112. The van der Waals surface area contributed by atoms with Crippen molar-refractivity contribution in [3.8, 4) is 5.75 Å². The number of benzene rings is 1. The second kappa shape index (κ2) is 13.4. The Kier molecular flexibility index (Phi) is 10.3. The Morgan fingerprint density at radius 1 is 1.24 bits per heavy atom. The summed E-state index contributed by atoms with van der Waals surface area (Å²) in [6.45, 7) is 4.62. The van der Waals surface area contributed by atoms with Crippen LogP contribution in [0, 0.1) is 12.8 Å². The van der Waals surface area contributed by atoms with E-state index in [0.29, 0.717) is 18.5 Å². The Bertz CT molecular complexity index is 868. The highest BCUT2D eigenvalue weighted by atomic mass is 16.5. The van der Waals surface area contributed by atoms with Crippen molar-refractivity contribution in [3.05, 3.63) is 35.2 Å². The molecule has 1 aliphatic carbocycles. The molecule has 2 aromatic rings. The molecule has 1 saturated heterocycles. The number of carbonyl (C=O) groups excluding carboxylic acids is 1. The number of nitrogens with one attached hydrogen (secondary N) is 1. The molecule has 1 aliphatic heterocycles. The van der Waals surface area contributed by atoms with Gasteiger partial charge < -0.3 is 29.7 Å². The molecule has 4 rings (SSSR count). The minimum atomic E-state index is -0.153. The Hall–Kier alpha value is -2.49. The molecule has 0 atom stereocenters. The lowest BCUT2D eigenvalue weighted by Gasteiger charge is -2.30. The third kappa shape index (κ3) is 7.78. The summed E-state index contributed by atoms with van der Waals surface area (Å²) in [6, 6.07) is 6.17. The molecule has 0 spiro atoms. The normalized spacial score (nSPS) is 16.3. The minimum Gasteiger partial charge on any atom is -0.494 e. The van der Waals surface area contributed by atoms with E-state index >= 15 is 0 Å². The molecule has 2 fully saturated rings. The predicted molar refractivity (Wildman–Crippen MR) is 130 cm³/mol. The summed E-state index contributed by atoms with van der Waals surface area (Å²) in [5.74, 6) is 3.00. The van der Waals surface area contributed by atoms with Crippen molar-refractivity contribution in [2.75, 3.05) is 44.9 Å². The van der Waals surface area contributed by atoms with Gasteiger partial charge in [-0.1, -0.05) is 5.16 Å². The largest absolute Gasteiger partial charge is 0.494 e. The summed E-state index contributed by atoms with van der Waals surface area (Å²) in [5.41, 5.74) is 1.68. The maximum atomic E-state index is 10.9. The molecule has 3 N–H and O–H groups in total. The van der Waals surface area contributed by atoms with Crippen LogP contribution >= 0.6 is 0 Å². The molecule has 188 valence electrons. The second-order valence-electron chi connectivity index (χ2n) is 9.12. The topological polar surface area (TPSA) is 121 Å². The van der Waals surface area contributed by atoms with E-state index < -0.39 is 0 Å². The number of hydrogen-bond donors (Lipinski definition) is 3. The van der Waals surface area contributed by atoms with Gasteiger partial charge in [-0.25, -0.2) is 0 Å². The average molecular weight is 475 g/mol. The number of ether oxygens (including phenoxy) is 1. The Morgan fingerprint density at radius 3 is 2.53 bits per heavy atom. The van der Waals surface area contributed by atoms with E-state index in [1.807, 2.05) is 25.1 Å². The lowest BCUT2D eigenvalue weighted by atomic mass is 9.92. The third-order valence-electron chi connectivity index (χ3n) is 6.50. The summed E-state index contributed by atoms with van der Waals surface area (Å²) in [5, 5.41) is 23.4. The summed E-state index contributed by atoms with van der Waals surface area (Å²) in [7, 11) is 1.69. The molecule has 1 aromatic heterocycles. The first kappa shape index (κ1) is 26.1. The second-order valence-corrected chi connectivity index (χ2v) is 9.12. The van der Waals surface area contributed by atoms with Crippen LogP contribution < -0.4 is 15.0 Å². The van der Waals surface area contributed by atoms with Crippen LogP contribution in [0.25, 0.3) is 0 Å². The number of aliphatic hydroxyl groups excluding tert-OH is 2. The molecule has 1 saturated carbocycles. The number of anilines is 1. The first-order valence-corrected chi connectivity index (χ1v) is 12.2. The van der Waals surface area contributed by atoms with Gasteiger partial charge in [0.25, 0.3) is 0 Å². The molecular weight excluding hydrogens is 436 g/mol. The Labute approximate surface area is 201 Å². The van der Waals surface area contributed by atoms with E-state index in [4.69, 9.17) is 19.5 Å². The summed E-state index contributed by atoms with van der Waals surface area (Å²) >= 11 is 0. The van der Waals surface area contributed by atoms with Crippen molar-refractivity contribution in [2.45, 2.75) is 57.4 Å². The molecule has 9 heteroatoms. The van der Waals surface area contributed by atoms with Crippen LogP contribution in [0.2, 0.25) is 0 Å². The number of aryl methyl sites for hydroxylation is 1. The minimum absolute atomic E-state index is 0.00694. The molecule has 2 heterocycles. The number of aromatic nitrogens is 2. The number of likely N-dealkylation sites (N-methyl/N-ethyl adjacent to an activating group) is 1. The maximum absolute atomic E-state index is 10.9. The summed E-state index contributed by atoms with van der Waals surface area (Å²) in [4.78, 5) is 17.6. The molecular formula is C25H38N4O5. The fraction of sp³-hybridized carbons (Fsp3) is 0.640. The number of hydrogen-bond acceptors (Lipinski definition) is 9. The van der Waals surface area contributed by atoms with Crippen LogP contribution in [-0.2, 0) is 0 Å². The van der Waals surface area contributed by atoms with E-state index in [9.17, 15) is 4.79 Å². The highest BCUT2D eigenvalue weighted by Crippen LogP contribution is 2.39. The summed E-state index contributed by atoms with van der Waals surface area (Å²) in [6.07, 6.45) is 7.82. The van der Waals surface area contributed by atoms with E-state index in [-0.39, 0.29) is 19.3 Å². The number of nitrogens with zero attached hydrogens (tertiary/aromatic N) is 3. The van der Waals surface area contributed by atoms with Gasteiger partial charge in [-0.3, -0.25) is 4.79 Å². The average Bonchev–Trinajstić information content (AvgIpc) is 3.60. The fourth-order valence-corrected chi connectivity index (χ4v) is 3.95. The van der Waals surface area contributed by atoms with Gasteiger partial charge in [0.1, 0.15) is 12.0 Å².